The third kappa shape index (κ3) is 2.23. The number of hydrogen-bond donors (Lipinski definition) is 0. The third-order valence-corrected chi connectivity index (χ3v) is 3.46. The highest BCUT2D eigenvalue weighted by molar-refractivity contribution is 5.92. The molecule has 0 N–H and O–H groups in total. The number of nitrogens with zero attached hydrogens (tertiary/aromatic N) is 2. The molecule has 0 fully saturated rings. The van der Waals surface area contributed by atoms with Crippen molar-refractivity contribution in [3.05, 3.63) is 65.6 Å². The van der Waals surface area contributed by atoms with Gasteiger partial charge in [-0.25, -0.2) is 0 Å². The predicted octanol–water partition coefficient (Wildman–Crippen LogP) is 3.60. The second kappa shape index (κ2) is 4.93. The lowest BCUT2D eigenvalue weighted by atomic mass is 10.1. The van der Waals surface area contributed by atoms with Crippen molar-refractivity contribution in [2.75, 3.05) is 0 Å². The Kier molecular flexibility index (Phi) is 3.11. The van der Waals surface area contributed by atoms with Crippen LogP contribution >= 0.6 is 0 Å². The van der Waals surface area contributed by atoms with Crippen molar-refractivity contribution in [3.63, 3.8) is 0 Å². The molecular weight excluding hydrogens is 248 g/mol. The molecular formula is C17H16N2O. The van der Waals surface area contributed by atoms with Crippen LogP contribution in [0.3, 0.4) is 0 Å². The van der Waals surface area contributed by atoms with Crippen molar-refractivity contribution in [1.82, 2.24) is 9.55 Å². The fourth-order valence-electron chi connectivity index (χ4n) is 2.58. The number of aromatic nitrogens is 2. The average Bonchev–Trinajstić information content (AvgIpc) is 2.87. The first-order valence-corrected chi connectivity index (χ1v) is 6.66. The Balaban J connectivity index is 2.10. The summed E-state index contributed by atoms with van der Waals surface area (Å²) in [4.78, 5) is 16.2. The van der Waals surface area contributed by atoms with Crippen LogP contribution < -0.4 is 0 Å². The van der Waals surface area contributed by atoms with Crippen molar-refractivity contribution in [2.24, 2.45) is 0 Å². The molecule has 3 nitrogen and oxygen atoms in total. The van der Waals surface area contributed by atoms with Crippen LogP contribution in [0.15, 0.2) is 48.7 Å². The summed E-state index contributed by atoms with van der Waals surface area (Å²) < 4.78 is 1.99. The fourth-order valence-corrected chi connectivity index (χ4v) is 2.58. The van der Waals surface area contributed by atoms with E-state index in [1.54, 1.807) is 6.92 Å². The molecule has 0 atom stereocenters. The molecule has 2 heterocycles. The lowest BCUT2D eigenvalue weighted by Gasteiger charge is -2.11. The number of carbonyl (C=O) groups is 1. The van der Waals surface area contributed by atoms with Crippen molar-refractivity contribution in [2.45, 2.75) is 20.4 Å². The summed E-state index contributed by atoms with van der Waals surface area (Å²) in [7, 11) is 0. The molecule has 0 aliphatic rings. The Morgan fingerprint density at radius 3 is 2.80 bits per heavy atom. The van der Waals surface area contributed by atoms with Gasteiger partial charge in [0.1, 0.15) is 0 Å². The Morgan fingerprint density at radius 1 is 1.20 bits per heavy atom. The van der Waals surface area contributed by atoms with Gasteiger partial charge in [0.25, 0.3) is 0 Å². The number of pyridine rings is 1. The molecule has 1 aromatic carbocycles. The second-order valence-electron chi connectivity index (χ2n) is 5.02. The van der Waals surface area contributed by atoms with Crippen LogP contribution in [0.25, 0.3) is 10.9 Å². The van der Waals surface area contributed by atoms with Crippen LogP contribution in [0.5, 0.6) is 0 Å². The predicted molar refractivity (Wildman–Crippen MR) is 80.0 cm³/mol. The van der Waals surface area contributed by atoms with E-state index >= 15 is 0 Å². The van der Waals surface area contributed by atoms with Crippen LogP contribution in [0.2, 0.25) is 0 Å². The molecule has 20 heavy (non-hydrogen) atoms. The number of para-hydroxylation sites is 1. The Labute approximate surface area is 117 Å². The quantitative estimate of drug-likeness (QED) is 0.677. The van der Waals surface area contributed by atoms with E-state index in [1.165, 1.54) is 5.56 Å². The number of aryl methyl sites for hydroxylation is 1. The maximum atomic E-state index is 11.6. The van der Waals surface area contributed by atoms with Gasteiger partial charge >= 0.3 is 0 Å². The zero-order valence-electron chi connectivity index (χ0n) is 11.6. The third-order valence-electron chi connectivity index (χ3n) is 3.46. The van der Waals surface area contributed by atoms with E-state index in [2.05, 4.69) is 17.1 Å². The minimum atomic E-state index is 0.0880. The number of fused-ring (bicyclic) bond motifs is 1. The van der Waals surface area contributed by atoms with E-state index in [0.29, 0.717) is 6.54 Å². The summed E-state index contributed by atoms with van der Waals surface area (Å²) in [5, 5.41) is 1.14. The standard InChI is InChI=1S/C17H16N2O/c1-12-10-14(15-6-3-4-7-16(15)18-12)11-19-9-5-8-17(19)13(2)20/h3-10H,11H2,1-2H3. The molecule has 3 rings (SSSR count). The minimum Gasteiger partial charge on any atom is -0.341 e. The molecule has 0 spiro atoms. The SMILES string of the molecule is CC(=O)c1cccn1Cc1cc(C)nc2ccccc12. The maximum Gasteiger partial charge on any atom is 0.176 e. The van der Waals surface area contributed by atoms with Gasteiger partial charge in [-0.1, -0.05) is 18.2 Å². The summed E-state index contributed by atoms with van der Waals surface area (Å²) in [6, 6.07) is 14.0. The molecule has 3 heteroatoms. The molecule has 0 saturated heterocycles. The van der Waals surface area contributed by atoms with E-state index in [1.807, 2.05) is 48.0 Å². The highest BCUT2D eigenvalue weighted by atomic mass is 16.1. The van der Waals surface area contributed by atoms with Crippen LogP contribution in [0, 0.1) is 6.92 Å². The lowest BCUT2D eigenvalue weighted by Crippen LogP contribution is -2.07. The van der Waals surface area contributed by atoms with Crippen LogP contribution in [0.4, 0.5) is 0 Å². The monoisotopic (exact) mass is 264 g/mol. The van der Waals surface area contributed by atoms with Gasteiger partial charge in [-0.15, -0.1) is 0 Å². The van der Waals surface area contributed by atoms with E-state index in [-0.39, 0.29) is 5.78 Å². The Bertz CT molecular complexity index is 787. The first-order valence-electron chi connectivity index (χ1n) is 6.66. The first kappa shape index (κ1) is 12.6. The number of benzene rings is 1. The zero-order valence-corrected chi connectivity index (χ0v) is 11.6. The largest absolute Gasteiger partial charge is 0.341 e. The Hall–Kier alpha value is -2.42. The second-order valence-corrected chi connectivity index (χ2v) is 5.02. The topological polar surface area (TPSA) is 34.9 Å². The highest BCUT2D eigenvalue weighted by Crippen LogP contribution is 2.20. The molecule has 3 aromatic rings. The molecule has 2 aromatic heterocycles. The van der Waals surface area contributed by atoms with Gasteiger partial charge in [0, 0.05) is 30.7 Å². The highest BCUT2D eigenvalue weighted by Gasteiger charge is 2.09. The molecule has 0 aliphatic carbocycles. The van der Waals surface area contributed by atoms with Gasteiger partial charge in [-0.2, -0.15) is 0 Å². The number of ketones is 1. The normalized spacial score (nSPS) is 10.9. The summed E-state index contributed by atoms with van der Waals surface area (Å²) in [6.07, 6.45) is 1.95. The summed E-state index contributed by atoms with van der Waals surface area (Å²) in [5.41, 5.74) is 3.92. The van der Waals surface area contributed by atoms with Crippen molar-refractivity contribution in [1.29, 1.82) is 0 Å². The molecule has 0 unspecified atom stereocenters. The summed E-state index contributed by atoms with van der Waals surface area (Å²) in [5.74, 6) is 0.0880. The molecule has 0 radical (unpaired) electrons. The Morgan fingerprint density at radius 2 is 2.00 bits per heavy atom. The van der Waals surface area contributed by atoms with Crippen LogP contribution in [0.1, 0.15) is 28.7 Å². The van der Waals surface area contributed by atoms with Gasteiger partial charge in [-0.05, 0) is 36.8 Å². The average molecular weight is 264 g/mol. The number of carbonyl (C=O) groups excluding carboxylic acids is 1. The van der Waals surface area contributed by atoms with E-state index in [9.17, 15) is 4.79 Å². The zero-order chi connectivity index (χ0) is 14.1. The van der Waals surface area contributed by atoms with E-state index < -0.39 is 0 Å². The minimum absolute atomic E-state index is 0.0880. The van der Waals surface area contributed by atoms with Gasteiger partial charge < -0.3 is 4.57 Å². The smallest absolute Gasteiger partial charge is 0.176 e. The first-order chi connectivity index (χ1) is 9.65. The van der Waals surface area contributed by atoms with E-state index in [4.69, 9.17) is 0 Å². The summed E-state index contributed by atoms with van der Waals surface area (Å²) in [6.45, 7) is 4.28. The molecule has 0 saturated carbocycles. The van der Waals surface area contributed by atoms with Gasteiger partial charge in [-0.3, -0.25) is 9.78 Å². The lowest BCUT2D eigenvalue weighted by molar-refractivity contribution is 0.100. The molecule has 0 amide bonds. The number of hydrogen-bond acceptors (Lipinski definition) is 2. The maximum absolute atomic E-state index is 11.6. The van der Waals surface area contributed by atoms with Gasteiger partial charge in [0.05, 0.1) is 11.2 Å². The van der Waals surface area contributed by atoms with Gasteiger partial charge in [0.2, 0.25) is 0 Å². The van der Waals surface area contributed by atoms with Crippen molar-refractivity contribution < 1.29 is 4.79 Å². The van der Waals surface area contributed by atoms with Crippen molar-refractivity contribution in [3.8, 4) is 0 Å². The van der Waals surface area contributed by atoms with E-state index in [0.717, 1.165) is 22.3 Å². The van der Waals surface area contributed by atoms with Gasteiger partial charge in [0.15, 0.2) is 5.78 Å². The number of rotatable bonds is 3. The molecule has 0 bridgehead atoms. The van der Waals surface area contributed by atoms with Crippen LogP contribution in [-0.4, -0.2) is 15.3 Å². The summed E-state index contributed by atoms with van der Waals surface area (Å²) >= 11 is 0. The van der Waals surface area contributed by atoms with Crippen molar-refractivity contribution >= 4 is 16.7 Å². The number of Topliss-reactive ketones (excluding diaryl/α,β-unsaturated/α-hetero) is 1. The molecule has 0 aliphatic heterocycles. The molecule has 100 valence electrons. The fraction of sp³-hybridized carbons (Fsp3) is 0.176. The van der Waals surface area contributed by atoms with Crippen LogP contribution in [-0.2, 0) is 6.54 Å².